The molecule has 16 heavy (non-hydrogen) atoms. The summed E-state index contributed by atoms with van der Waals surface area (Å²) in [5.41, 5.74) is 1.11. The number of hydrogen-bond donors (Lipinski definition) is 0. The number of benzene rings is 1. The maximum Gasteiger partial charge on any atom is 0.330 e. The number of halogens is 1. The van der Waals surface area contributed by atoms with E-state index in [4.69, 9.17) is 11.6 Å². The van der Waals surface area contributed by atoms with Gasteiger partial charge in [0.25, 0.3) is 0 Å². The summed E-state index contributed by atoms with van der Waals surface area (Å²) in [5, 5.41) is 0.724. The van der Waals surface area contributed by atoms with Crippen molar-refractivity contribution in [1.29, 1.82) is 0 Å². The minimum absolute atomic E-state index is 0.0752. The van der Waals surface area contributed by atoms with Crippen LogP contribution in [0.5, 0.6) is 0 Å². The molecule has 0 radical (unpaired) electrons. The van der Waals surface area contributed by atoms with Gasteiger partial charge in [-0.3, -0.25) is 4.31 Å². The minimum atomic E-state index is 0.0752. The summed E-state index contributed by atoms with van der Waals surface area (Å²) < 4.78 is 1.68. The van der Waals surface area contributed by atoms with Crippen molar-refractivity contribution in [3.8, 4) is 0 Å². The molecule has 1 aliphatic heterocycles. The van der Waals surface area contributed by atoms with Crippen LogP contribution in [0.15, 0.2) is 24.3 Å². The van der Waals surface area contributed by atoms with Crippen LogP contribution >= 0.6 is 23.5 Å². The van der Waals surface area contributed by atoms with Crippen LogP contribution in [0.25, 0.3) is 0 Å². The fraction of sp³-hybridized carbons (Fsp3) is 0.364. The van der Waals surface area contributed by atoms with Crippen molar-refractivity contribution in [2.45, 2.75) is 6.54 Å². The summed E-state index contributed by atoms with van der Waals surface area (Å²) in [6.07, 6.45) is 0. The number of amides is 2. The molecule has 1 aliphatic rings. The van der Waals surface area contributed by atoms with Crippen molar-refractivity contribution < 1.29 is 4.79 Å². The molecule has 5 heteroatoms. The maximum atomic E-state index is 11.8. The zero-order valence-electron chi connectivity index (χ0n) is 9.02. The van der Waals surface area contributed by atoms with Crippen molar-refractivity contribution in [3.63, 3.8) is 0 Å². The molecule has 0 spiro atoms. The van der Waals surface area contributed by atoms with Gasteiger partial charge in [0, 0.05) is 30.9 Å². The second-order valence-corrected chi connectivity index (χ2v) is 5.31. The fourth-order valence-corrected chi connectivity index (χ4v) is 2.52. The molecule has 3 nitrogen and oxygen atoms in total. The van der Waals surface area contributed by atoms with E-state index in [1.54, 1.807) is 23.3 Å². The Balaban J connectivity index is 2.03. The van der Waals surface area contributed by atoms with Crippen LogP contribution < -0.4 is 0 Å². The molecular formula is C11H13ClN2OS. The van der Waals surface area contributed by atoms with Gasteiger partial charge in [-0.15, -0.1) is 0 Å². The lowest BCUT2D eigenvalue weighted by molar-refractivity contribution is 0.182. The Labute approximate surface area is 104 Å². The van der Waals surface area contributed by atoms with Crippen LogP contribution in [0.1, 0.15) is 5.56 Å². The van der Waals surface area contributed by atoms with Gasteiger partial charge in [0.1, 0.15) is 0 Å². The first-order valence-corrected chi connectivity index (χ1v) is 6.39. The highest BCUT2D eigenvalue weighted by Crippen LogP contribution is 2.19. The first-order chi connectivity index (χ1) is 7.66. The molecule has 0 bridgehead atoms. The number of carbonyl (C=O) groups excluding carboxylic acids is 1. The van der Waals surface area contributed by atoms with Crippen molar-refractivity contribution >= 4 is 29.6 Å². The molecule has 0 N–H and O–H groups in total. The molecule has 0 unspecified atom stereocenters. The average molecular weight is 257 g/mol. The van der Waals surface area contributed by atoms with E-state index >= 15 is 0 Å². The highest BCUT2D eigenvalue weighted by atomic mass is 35.5. The third-order valence-corrected chi connectivity index (χ3v) is 3.63. The van der Waals surface area contributed by atoms with Gasteiger partial charge in [0.05, 0.1) is 0 Å². The number of hydrogen-bond acceptors (Lipinski definition) is 2. The van der Waals surface area contributed by atoms with Crippen LogP contribution in [0.4, 0.5) is 4.79 Å². The Bertz CT molecular complexity index is 382. The molecule has 0 aromatic heterocycles. The summed E-state index contributed by atoms with van der Waals surface area (Å²) in [5.74, 6) is 0.954. The molecule has 2 amide bonds. The largest absolute Gasteiger partial charge is 0.330 e. The Kier molecular flexibility index (Phi) is 3.61. The Morgan fingerprint density at radius 1 is 1.38 bits per heavy atom. The van der Waals surface area contributed by atoms with E-state index in [1.807, 2.05) is 29.2 Å². The van der Waals surface area contributed by atoms with Gasteiger partial charge in [-0.1, -0.05) is 23.7 Å². The Hall–Kier alpha value is -0.870. The van der Waals surface area contributed by atoms with Crippen molar-refractivity contribution in [2.24, 2.45) is 0 Å². The molecule has 0 saturated carbocycles. The van der Waals surface area contributed by atoms with Crippen LogP contribution in [0.2, 0.25) is 5.02 Å². The number of rotatable bonds is 2. The van der Waals surface area contributed by atoms with E-state index in [1.165, 1.54) is 0 Å². The lowest BCUT2D eigenvalue weighted by Crippen LogP contribution is -2.43. The summed E-state index contributed by atoms with van der Waals surface area (Å²) in [7, 11) is 1.81. The van der Waals surface area contributed by atoms with Crippen molar-refractivity contribution in [1.82, 2.24) is 9.21 Å². The first kappa shape index (κ1) is 11.6. The molecule has 1 heterocycles. The minimum Gasteiger partial charge on any atom is -0.319 e. The zero-order valence-corrected chi connectivity index (χ0v) is 10.6. The molecule has 0 atom stereocenters. The van der Waals surface area contributed by atoms with Crippen LogP contribution in [0, 0.1) is 0 Å². The fourth-order valence-electron chi connectivity index (χ4n) is 1.59. The van der Waals surface area contributed by atoms with Crippen LogP contribution in [0.3, 0.4) is 0 Å². The third-order valence-electron chi connectivity index (χ3n) is 2.47. The Morgan fingerprint density at radius 3 is 2.75 bits per heavy atom. The van der Waals surface area contributed by atoms with E-state index in [2.05, 4.69) is 0 Å². The second-order valence-electron chi connectivity index (χ2n) is 3.66. The standard InChI is InChI=1S/C11H13ClN2OS/c1-13-11(15)14(6-7-16-13)8-9-2-4-10(12)5-3-9/h2-5H,6-8H2,1H3. The molecule has 0 aliphatic carbocycles. The number of nitrogens with zero attached hydrogens (tertiary/aromatic N) is 2. The van der Waals surface area contributed by atoms with E-state index in [9.17, 15) is 4.79 Å². The molecule has 1 aromatic rings. The van der Waals surface area contributed by atoms with Crippen molar-refractivity contribution in [2.75, 3.05) is 19.3 Å². The van der Waals surface area contributed by atoms with E-state index in [-0.39, 0.29) is 6.03 Å². The average Bonchev–Trinajstić information content (AvgIpc) is 2.28. The summed E-state index contributed by atoms with van der Waals surface area (Å²) in [6.45, 7) is 1.46. The van der Waals surface area contributed by atoms with E-state index in [0.717, 1.165) is 22.9 Å². The molecule has 1 saturated heterocycles. The van der Waals surface area contributed by atoms with Gasteiger partial charge >= 0.3 is 6.03 Å². The highest BCUT2D eigenvalue weighted by molar-refractivity contribution is 7.97. The second kappa shape index (κ2) is 4.97. The van der Waals surface area contributed by atoms with E-state index < -0.39 is 0 Å². The molecule has 1 aromatic carbocycles. The van der Waals surface area contributed by atoms with Crippen LogP contribution in [-0.4, -0.2) is 34.6 Å². The van der Waals surface area contributed by atoms with Crippen LogP contribution in [-0.2, 0) is 6.54 Å². The van der Waals surface area contributed by atoms with Gasteiger partial charge in [-0.05, 0) is 29.6 Å². The predicted octanol–water partition coefficient (Wildman–Crippen LogP) is 2.86. The third kappa shape index (κ3) is 2.62. The van der Waals surface area contributed by atoms with Gasteiger partial charge in [-0.2, -0.15) is 0 Å². The summed E-state index contributed by atoms with van der Waals surface area (Å²) in [4.78, 5) is 13.6. The lowest BCUT2D eigenvalue weighted by Gasteiger charge is -2.32. The lowest BCUT2D eigenvalue weighted by atomic mass is 10.2. The van der Waals surface area contributed by atoms with Gasteiger partial charge in [0.15, 0.2) is 0 Å². The molecule has 2 rings (SSSR count). The SMILES string of the molecule is CN1SCCN(Cc2ccc(Cl)cc2)C1=O. The smallest absolute Gasteiger partial charge is 0.319 e. The molecule has 1 fully saturated rings. The topological polar surface area (TPSA) is 23.6 Å². The quantitative estimate of drug-likeness (QED) is 0.760. The highest BCUT2D eigenvalue weighted by Gasteiger charge is 2.23. The predicted molar refractivity (Wildman–Crippen MR) is 67.5 cm³/mol. The van der Waals surface area contributed by atoms with E-state index in [0.29, 0.717) is 6.54 Å². The number of carbonyl (C=O) groups is 1. The first-order valence-electron chi connectivity index (χ1n) is 5.07. The molecule has 86 valence electrons. The van der Waals surface area contributed by atoms with Gasteiger partial charge in [0.2, 0.25) is 0 Å². The summed E-state index contributed by atoms with van der Waals surface area (Å²) in [6, 6.07) is 7.69. The van der Waals surface area contributed by atoms with Gasteiger partial charge < -0.3 is 4.90 Å². The Morgan fingerprint density at radius 2 is 2.06 bits per heavy atom. The van der Waals surface area contributed by atoms with Crippen molar-refractivity contribution in [3.05, 3.63) is 34.9 Å². The normalized spacial score (nSPS) is 16.8. The number of urea groups is 1. The van der Waals surface area contributed by atoms with Gasteiger partial charge in [-0.25, -0.2) is 4.79 Å². The maximum absolute atomic E-state index is 11.8. The summed E-state index contributed by atoms with van der Waals surface area (Å²) >= 11 is 7.38. The monoisotopic (exact) mass is 256 g/mol. The molecular weight excluding hydrogens is 244 g/mol. The zero-order chi connectivity index (χ0) is 11.5.